The lowest BCUT2D eigenvalue weighted by molar-refractivity contribution is 0.623. The molecule has 0 aliphatic rings. The average Bonchev–Trinajstić information content (AvgIpc) is 1.97. The molecule has 0 aliphatic heterocycles. The topological polar surface area (TPSA) is 23.8 Å². The van der Waals surface area contributed by atoms with E-state index in [9.17, 15) is 4.39 Å². The van der Waals surface area contributed by atoms with Crippen LogP contribution in [-0.2, 0) is 0 Å². The van der Waals surface area contributed by atoms with Crippen LogP contribution in [0.1, 0.15) is 11.1 Å². The minimum absolute atomic E-state index is 0.0342. The van der Waals surface area contributed by atoms with Crippen LogP contribution in [0.4, 0.5) is 4.39 Å². The fourth-order valence-electron chi connectivity index (χ4n) is 0.743. The Labute approximate surface area is 69.0 Å². The summed E-state index contributed by atoms with van der Waals surface area (Å²) in [5.74, 6) is -0.567. The number of aryl methyl sites for hydroxylation is 1. The Morgan fingerprint density at radius 2 is 2.18 bits per heavy atom. The number of nitriles is 1. The van der Waals surface area contributed by atoms with E-state index < -0.39 is 5.82 Å². The largest absolute Gasteiger partial charge is 0.205 e. The van der Waals surface area contributed by atoms with Gasteiger partial charge >= 0.3 is 0 Å². The van der Waals surface area contributed by atoms with Crippen molar-refractivity contribution in [3.8, 4) is 6.07 Å². The van der Waals surface area contributed by atoms with Gasteiger partial charge in [-0.2, -0.15) is 5.26 Å². The summed E-state index contributed by atoms with van der Waals surface area (Å²) in [6, 6.07) is 4.31. The van der Waals surface area contributed by atoms with Gasteiger partial charge in [-0.05, 0) is 24.6 Å². The molecule has 1 rings (SSSR count). The Balaban J connectivity index is 3.35. The first-order valence-corrected chi connectivity index (χ1v) is 3.38. The fourth-order valence-corrected chi connectivity index (χ4v) is 0.893. The van der Waals surface area contributed by atoms with Crippen molar-refractivity contribution >= 4 is 11.6 Å². The van der Waals surface area contributed by atoms with Gasteiger partial charge in [0.15, 0.2) is 0 Å². The first-order chi connectivity index (χ1) is 5.15. The first kappa shape index (κ1) is 8.03. The predicted molar refractivity (Wildman–Crippen MR) is 40.9 cm³/mol. The van der Waals surface area contributed by atoms with Crippen molar-refractivity contribution in [1.29, 1.82) is 5.26 Å². The Kier molecular flexibility index (Phi) is 2.11. The predicted octanol–water partition coefficient (Wildman–Crippen LogP) is 2.66. The molecule has 0 amide bonds. The monoisotopic (exact) mass is 169 g/mol. The van der Waals surface area contributed by atoms with Crippen LogP contribution >= 0.6 is 11.6 Å². The van der Waals surface area contributed by atoms with Crippen molar-refractivity contribution in [2.75, 3.05) is 0 Å². The Morgan fingerprint density at radius 1 is 1.55 bits per heavy atom. The molecular formula is C8H5ClFN. The molecule has 0 radical (unpaired) electrons. The van der Waals surface area contributed by atoms with Crippen LogP contribution in [0.5, 0.6) is 0 Å². The summed E-state index contributed by atoms with van der Waals surface area (Å²) in [5, 5.41) is 8.75. The van der Waals surface area contributed by atoms with Gasteiger partial charge in [0, 0.05) is 5.02 Å². The van der Waals surface area contributed by atoms with Crippen LogP contribution in [-0.4, -0.2) is 0 Å². The SMILES string of the molecule is Cc1cc(C#N)c(F)cc1Cl. The highest BCUT2D eigenvalue weighted by Crippen LogP contribution is 2.18. The molecular weight excluding hydrogens is 165 g/mol. The van der Waals surface area contributed by atoms with Crippen LogP contribution in [0.15, 0.2) is 12.1 Å². The summed E-state index contributed by atoms with van der Waals surface area (Å²) < 4.78 is 12.7. The standard InChI is InChI=1S/C8H5ClFN/c1-5-2-6(4-11)8(10)3-7(5)9/h2-3H,1H3. The van der Waals surface area contributed by atoms with Crippen molar-refractivity contribution < 1.29 is 4.39 Å². The molecule has 3 heteroatoms. The summed E-state index contributed by atoms with van der Waals surface area (Å²) >= 11 is 5.59. The van der Waals surface area contributed by atoms with Gasteiger partial charge in [-0.1, -0.05) is 11.6 Å². The van der Waals surface area contributed by atoms with Gasteiger partial charge in [0.1, 0.15) is 11.9 Å². The summed E-state index contributed by atoms with van der Waals surface area (Å²) in [6.45, 7) is 1.72. The number of hydrogen-bond donors (Lipinski definition) is 0. The van der Waals surface area contributed by atoms with Crippen molar-refractivity contribution in [3.05, 3.63) is 34.1 Å². The number of rotatable bonds is 0. The summed E-state index contributed by atoms with van der Waals surface area (Å²) in [4.78, 5) is 0. The van der Waals surface area contributed by atoms with Crippen molar-refractivity contribution in [1.82, 2.24) is 0 Å². The molecule has 1 nitrogen and oxygen atoms in total. The molecule has 0 spiro atoms. The summed E-state index contributed by atoms with van der Waals surface area (Å²) in [7, 11) is 0. The minimum Gasteiger partial charge on any atom is -0.205 e. The van der Waals surface area contributed by atoms with Crippen LogP contribution in [0.3, 0.4) is 0 Å². The highest BCUT2D eigenvalue weighted by Gasteiger charge is 2.03. The smallest absolute Gasteiger partial charge is 0.142 e. The molecule has 0 saturated heterocycles. The van der Waals surface area contributed by atoms with Gasteiger partial charge in [0.05, 0.1) is 5.56 Å². The van der Waals surface area contributed by atoms with Crippen LogP contribution in [0.25, 0.3) is 0 Å². The lowest BCUT2D eigenvalue weighted by atomic mass is 10.1. The van der Waals surface area contributed by atoms with E-state index in [0.29, 0.717) is 10.6 Å². The molecule has 0 atom stereocenters. The Bertz CT molecular complexity index is 328. The van der Waals surface area contributed by atoms with E-state index >= 15 is 0 Å². The highest BCUT2D eigenvalue weighted by molar-refractivity contribution is 6.31. The number of hydrogen-bond acceptors (Lipinski definition) is 1. The Morgan fingerprint density at radius 3 is 2.73 bits per heavy atom. The van der Waals surface area contributed by atoms with Gasteiger partial charge in [-0.15, -0.1) is 0 Å². The average molecular weight is 170 g/mol. The molecule has 0 heterocycles. The molecule has 1 aromatic carbocycles. The van der Waals surface area contributed by atoms with E-state index in [2.05, 4.69) is 0 Å². The molecule has 1 aromatic rings. The second kappa shape index (κ2) is 2.89. The number of benzene rings is 1. The molecule has 56 valence electrons. The zero-order valence-corrected chi connectivity index (χ0v) is 6.61. The molecule has 11 heavy (non-hydrogen) atoms. The maximum atomic E-state index is 12.7. The highest BCUT2D eigenvalue weighted by atomic mass is 35.5. The molecule has 0 N–H and O–H groups in total. The van der Waals surface area contributed by atoms with E-state index in [1.807, 2.05) is 0 Å². The second-order valence-electron chi connectivity index (χ2n) is 2.19. The van der Waals surface area contributed by atoms with E-state index in [1.165, 1.54) is 6.07 Å². The lowest BCUT2D eigenvalue weighted by Crippen LogP contribution is -1.85. The van der Waals surface area contributed by atoms with Gasteiger partial charge in [-0.25, -0.2) is 4.39 Å². The zero-order chi connectivity index (χ0) is 8.43. The second-order valence-corrected chi connectivity index (χ2v) is 2.60. The van der Waals surface area contributed by atoms with E-state index in [0.717, 1.165) is 6.07 Å². The summed E-state index contributed by atoms with van der Waals surface area (Å²) in [6.07, 6.45) is 0. The molecule has 0 saturated carbocycles. The zero-order valence-electron chi connectivity index (χ0n) is 5.86. The molecule has 0 aliphatic carbocycles. The molecule has 0 aromatic heterocycles. The van der Waals surface area contributed by atoms with E-state index in [1.54, 1.807) is 13.0 Å². The van der Waals surface area contributed by atoms with Crippen molar-refractivity contribution in [2.45, 2.75) is 6.92 Å². The maximum absolute atomic E-state index is 12.7. The normalized spacial score (nSPS) is 9.27. The summed E-state index contributed by atoms with van der Waals surface area (Å²) in [5.41, 5.74) is 0.747. The number of nitrogens with zero attached hydrogens (tertiary/aromatic N) is 1. The van der Waals surface area contributed by atoms with Gasteiger partial charge in [0.2, 0.25) is 0 Å². The van der Waals surface area contributed by atoms with E-state index in [4.69, 9.17) is 16.9 Å². The maximum Gasteiger partial charge on any atom is 0.142 e. The van der Waals surface area contributed by atoms with Crippen molar-refractivity contribution in [3.63, 3.8) is 0 Å². The van der Waals surface area contributed by atoms with Crippen molar-refractivity contribution in [2.24, 2.45) is 0 Å². The molecule has 0 unspecified atom stereocenters. The number of halogens is 2. The molecule has 0 bridgehead atoms. The first-order valence-electron chi connectivity index (χ1n) is 3.01. The third-order valence-corrected chi connectivity index (χ3v) is 1.78. The quantitative estimate of drug-likeness (QED) is 0.586. The fraction of sp³-hybridized carbons (Fsp3) is 0.125. The van der Waals surface area contributed by atoms with Crippen LogP contribution < -0.4 is 0 Å². The third kappa shape index (κ3) is 1.50. The third-order valence-electron chi connectivity index (χ3n) is 1.37. The van der Waals surface area contributed by atoms with Gasteiger partial charge < -0.3 is 0 Å². The molecule has 0 fully saturated rings. The Hall–Kier alpha value is -1.07. The van der Waals surface area contributed by atoms with Gasteiger partial charge in [-0.3, -0.25) is 0 Å². The minimum atomic E-state index is -0.567. The van der Waals surface area contributed by atoms with E-state index in [-0.39, 0.29) is 5.56 Å². The van der Waals surface area contributed by atoms with Crippen LogP contribution in [0.2, 0.25) is 5.02 Å². The van der Waals surface area contributed by atoms with Gasteiger partial charge in [0.25, 0.3) is 0 Å². The lowest BCUT2D eigenvalue weighted by Gasteiger charge is -1.97. The van der Waals surface area contributed by atoms with Crippen LogP contribution in [0, 0.1) is 24.1 Å².